The van der Waals surface area contributed by atoms with Gasteiger partial charge in [0.2, 0.25) is 0 Å². The van der Waals surface area contributed by atoms with Gasteiger partial charge in [-0.2, -0.15) is 0 Å². The number of aromatic nitrogens is 2. The van der Waals surface area contributed by atoms with Gasteiger partial charge in [0.1, 0.15) is 11.4 Å². The molecular formula is C31H39ClN5O4+. The quantitative estimate of drug-likeness (QED) is 0.188. The number of nitrogens with two attached hydrogens (primary N) is 2. The maximum atomic E-state index is 13.2. The number of anilines is 2. The largest absolute Gasteiger partial charge is 0.497 e. The zero-order chi connectivity index (χ0) is 29.4. The summed E-state index contributed by atoms with van der Waals surface area (Å²) in [6.45, 7) is 3.98. The van der Waals surface area contributed by atoms with Gasteiger partial charge in [-0.05, 0) is 61.1 Å². The molecule has 5 N–H and O–H groups in total. The van der Waals surface area contributed by atoms with Crippen LogP contribution in [0.15, 0.2) is 48.5 Å². The zero-order valence-corrected chi connectivity index (χ0v) is 24.3. The zero-order valence-electron chi connectivity index (χ0n) is 23.5. The maximum absolute atomic E-state index is 13.2. The van der Waals surface area contributed by atoms with Crippen molar-refractivity contribution < 1.29 is 23.9 Å². The molecule has 41 heavy (non-hydrogen) atoms. The molecule has 0 bridgehead atoms. The van der Waals surface area contributed by atoms with Crippen LogP contribution in [0.3, 0.4) is 0 Å². The van der Waals surface area contributed by atoms with Crippen molar-refractivity contribution in [2.24, 2.45) is 5.92 Å². The van der Waals surface area contributed by atoms with E-state index in [-0.39, 0.29) is 34.2 Å². The van der Waals surface area contributed by atoms with E-state index >= 15 is 0 Å². The van der Waals surface area contributed by atoms with E-state index in [1.165, 1.54) is 5.56 Å². The molecule has 1 saturated heterocycles. The van der Waals surface area contributed by atoms with Crippen LogP contribution < -0.4 is 16.2 Å². The number of benzene rings is 2. The van der Waals surface area contributed by atoms with Crippen molar-refractivity contribution in [1.29, 1.82) is 0 Å². The second-order valence-corrected chi connectivity index (χ2v) is 11.4. The third kappa shape index (κ3) is 8.17. The van der Waals surface area contributed by atoms with Gasteiger partial charge in [0.05, 0.1) is 38.9 Å². The first-order chi connectivity index (χ1) is 19.7. The molecule has 1 aromatic heterocycles. The van der Waals surface area contributed by atoms with Gasteiger partial charge >= 0.3 is 5.97 Å². The Morgan fingerprint density at radius 2 is 1.59 bits per heavy atom. The van der Waals surface area contributed by atoms with E-state index in [9.17, 15) is 14.7 Å². The highest BCUT2D eigenvalue weighted by atomic mass is 35.5. The van der Waals surface area contributed by atoms with Crippen LogP contribution in [0.1, 0.15) is 64.1 Å². The number of likely N-dealkylation sites (tertiary alicyclic amines) is 1. The van der Waals surface area contributed by atoms with E-state index in [1.54, 1.807) is 19.2 Å². The summed E-state index contributed by atoms with van der Waals surface area (Å²) in [5.74, 6) is 0.0133. The van der Waals surface area contributed by atoms with Crippen LogP contribution in [0.5, 0.6) is 5.75 Å². The first kappa shape index (κ1) is 30.3. The average Bonchev–Trinajstić information content (AvgIpc) is 2.96. The number of hydrogen-bond acceptors (Lipinski definition) is 7. The van der Waals surface area contributed by atoms with Crippen LogP contribution in [-0.2, 0) is 12.8 Å². The topological polar surface area (TPSA) is 141 Å². The molecule has 1 aliphatic rings. The first-order valence-corrected chi connectivity index (χ1v) is 14.5. The number of methoxy groups -OCH3 is 1. The molecule has 0 spiro atoms. The predicted molar refractivity (Wildman–Crippen MR) is 160 cm³/mol. The summed E-state index contributed by atoms with van der Waals surface area (Å²) in [6, 6.07) is 15.4. The number of ketones is 1. The summed E-state index contributed by atoms with van der Waals surface area (Å²) in [4.78, 5) is 32.5. The van der Waals surface area contributed by atoms with Crippen molar-refractivity contribution in [2.75, 3.05) is 44.8 Å². The minimum atomic E-state index is -0.916. The molecular weight excluding hydrogens is 542 g/mol. The fourth-order valence-corrected chi connectivity index (χ4v) is 6.11. The number of carbonyl (C=O) groups is 2. The molecule has 3 aromatic rings. The molecule has 218 valence electrons. The van der Waals surface area contributed by atoms with E-state index < -0.39 is 5.97 Å². The van der Waals surface area contributed by atoms with Crippen LogP contribution in [0.4, 0.5) is 11.6 Å². The molecule has 0 amide bonds. The molecule has 10 heteroatoms. The first-order valence-electron chi connectivity index (χ1n) is 14.1. The molecule has 1 fully saturated rings. The molecule has 0 saturated carbocycles. The Bertz CT molecular complexity index is 1350. The number of rotatable bonds is 13. The Morgan fingerprint density at radius 3 is 2.17 bits per heavy atom. The van der Waals surface area contributed by atoms with Gasteiger partial charge in [-0.3, -0.25) is 4.79 Å². The maximum Gasteiger partial charge on any atom is 0.335 e. The van der Waals surface area contributed by atoms with Crippen LogP contribution in [-0.4, -0.2) is 64.6 Å². The van der Waals surface area contributed by atoms with E-state index in [2.05, 4.69) is 22.1 Å². The lowest BCUT2D eigenvalue weighted by molar-refractivity contribution is -0.936. The van der Waals surface area contributed by atoms with Gasteiger partial charge in [-0.15, -0.1) is 0 Å². The third-order valence-corrected chi connectivity index (χ3v) is 8.37. The van der Waals surface area contributed by atoms with Gasteiger partial charge in [-0.1, -0.05) is 35.9 Å². The molecule has 0 aliphatic carbocycles. The molecule has 2 atom stereocenters. The Morgan fingerprint density at radius 1 is 0.976 bits per heavy atom. The summed E-state index contributed by atoms with van der Waals surface area (Å²) < 4.78 is 6.24. The van der Waals surface area contributed by atoms with Crippen molar-refractivity contribution in [3.05, 3.63) is 76.1 Å². The molecule has 0 radical (unpaired) electrons. The number of quaternary nitrogens is 1. The molecule has 1 aliphatic heterocycles. The van der Waals surface area contributed by atoms with Crippen molar-refractivity contribution in [2.45, 2.75) is 44.9 Å². The standard InChI is InChI=1S/C31H38ClN5O4/c1-41-25-14-10-22(11-15-25)6-3-17-37(16-2-5-21-8-12-24(13-9-21)31(39)40)18-4-7-23(20-37)19-26(38)27-29(33)36-30(34)28(32)35-27/h8-15,23H,2-7,16-20H2,1H3,(H4-,33,34,36,38,39,40)/p+1. The Kier molecular flexibility index (Phi) is 10.2. The number of carboxylic acids is 1. The number of nitrogens with zero attached hydrogens (tertiary/aromatic N) is 3. The monoisotopic (exact) mass is 580 g/mol. The van der Waals surface area contributed by atoms with Gasteiger partial charge in [0, 0.05) is 25.2 Å². The van der Waals surface area contributed by atoms with Crippen molar-refractivity contribution in [3.8, 4) is 5.75 Å². The second-order valence-electron chi connectivity index (χ2n) is 11.0. The van der Waals surface area contributed by atoms with Crippen LogP contribution in [0.25, 0.3) is 0 Å². The number of aryl methyl sites for hydroxylation is 2. The Balaban J connectivity index is 1.43. The summed E-state index contributed by atoms with van der Waals surface area (Å²) in [7, 11) is 1.67. The average molecular weight is 581 g/mol. The molecule has 2 heterocycles. The number of halogens is 1. The van der Waals surface area contributed by atoms with Crippen molar-refractivity contribution in [1.82, 2.24) is 9.97 Å². The Hall–Kier alpha value is -3.69. The second kappa shape index (κ2) is 13.8. The smallest absolute Gasteiger partial charge is 0.335 e. The number of hydrogen-bond donors (Lipinski definition) is 3. The van der Waals surface area contributed by atoms with Gasteiger partial charge in [-0.25, -0.2) is 14.8 Å². The van der Waals surface area contributed by atoms with Crippen molar-refractivity contribution >= 4 is 35.0 Å². The minimum Gasteiger partial charge on any atom is -0.497 e. The SMILES string of the molecule is COc1ccc(CCC[N+]2(CCCc3ccc(C(=O)O)cc3)CCCC(CC(=O)c3nc(Cl)c(N)nc3N)C2)cc1. The predicted octanol–water partition coefficient (Wildman–Crippen LogP) is 5.07. The molecule has 2 unspecified atom stereocenters. The highest BCUT2D eigenvalue weighted by Crippen LogP contribution is 2.30. The number of carboxylic acid groups (broad SMARTS) is 1. The molecule has 4 rings (SSSR count). The number of Topliss-reactive ketones (excluding diaryl/α,β-unsaturated/α-hetero) is 1. The third-order valence-electron chi connectivity index (χ3n) is 8.09. The van der Waals surface area contributed by atoms with Gasteiger partial charge < -0.3 is 25.8 Å². The number of carbonyl (C=O) groups excluding carboxylic acids is 1. The fourth-order valence-electron chi connectivity index (χ4n) is 5.98. The van der Waals surface area contributed by atoms with Crippen LogP contribution >= 0.6 is 11.6 Å². The summed E-state index contributed by atoms with van der Waals surface area (Å²) in [5.41, 5.74) is 14.4. The summed E-state index contributed by atoms with van der Waals surface area (Å²) >= 11 is 6.03. The lowest BCUT2D eigenvalue weighted by Crippen LogP contribution is -2.55. The van der Waals surface area contributed by atoms with Crippen LogP contribution in [0, 0.1) is 5.92 Å². The summed E-state index contributed by atoms with van der Waals surface area (Å²) in [5, 5.41) is 9.18. The number of piperidine rings is 1. The lowest BCUT2D eigenvalue weighted by Gasteiger charge is -2.45. The lowest BCUT2D eigenvalue weighted by atomic mass is 9.89. The van der Waals surface area contributed by atoms with E-state index in [1.807, 2.05) is 24.3 Å². The van der Waals surface area contributed by atoms with Crippen LogP contribution in [0.2, 0.25) is 5.15 Å². The van der Waals surface area contributed by atoms with Crippen molar-refractivity contribution in [3.63, 3.8) is 0 Å². The number of aromatic carboxylic acids is 1. The van der Waals surface area contributed by atoms with Gasteiger partial charge in [0.15, 0.2) is 22.6 Å². The Labute approximate surface area is 246 Å². The normalized spacial score (nSPS) is 18.6. The van der Waals surface area contributed by atoms with E-state index in [4.69, 9.17) is 27.8 Å². The number of ether oxygens (including phenoxy) is 1. The van der Waals surface area contributed by atoms with Gasteiger partial charge in [0.25, 0.3) is 0 Å². The summed E-state index contributed by atoms with van der Waals surface area (Å²) in [6.07, 6.45) is 6.20. The highest BCUT2D eigenvalue weighted by Gasteiger charge is 2.36. The highest BCUT2D eigenvalue weighted by molar-refractivity contribution is 6.31. The molecule has 2 aromatic carbocycles. The minimum absolute atomic E-state index is 0.00811. The number of nitrogen functional groups attached to an aromatic ring is 2. The van der Waals surface area contributed by atoms with E-state index in [0.29, 0.717) is 12.0 Å². The van der Waals surface area contributed by atoms with E-state index in [0.717, 1.165) is 80.5 Å². The molecule has 9 nitrogen and oxygen atoms in total. The fraction of sp³-hybridized carbons (Fsp3) is 0.419.